The fourth-order valence-corrected chi connectivity index (χ4v) is 3.72. The largest absolute Gasteiger partial charge is 0.497 e. The maximum Gasteiger partial charge on any atom is 0.345 e. The van der Waals surface area contributed by atoms with Gasteiger partial charge in [-0.3, -0.25) is 0 Å². The third-order valence-electron chi connectivity index (χ3n) is 4.27. The summed E-state index contributed by atoms with van der Waals surface area (Å²) in [7, 11) is -0.849. The Morgan fingerprint density at radius 2 is 1.41 bits per heavy atom. The molecule has 0 saturated heterocycles. The number of aromatic nitrogens is 2. The van der Waals surface area contributed by atoms with Crippen LogP contribution in [0, 0.1) is 0 Å². The maximum absolute atomic E-state index is 11.9. The van der Waals surface area contributed by atoms with E-state index in [9.17, 15) is 8.42 Å². The van der Waals surface area contributed by atoms with Crippen LogP contribution in [0.4, 0.5) is 5.82 Å². The molecule has 0 spiro atoms. The quantitative estimate of drug-likeness (QED) is 0.673. The van der Waals surface area contributed by atoms with E-state index in [1.54, 1.807) is 32.4 Å². The van der Waals surface area contributed by atoms with Gasteiger partial charge in [0.25, 0.3) is 0 Å². The molecule has 148 valence electrons. The first-order chi connectivity index (χ1) is 13.9. The van der Waals surface area contributed by atoms with Gasteiger partial charge in [-0.15, -0.1) is 4.40 Å². The number of anilines is 1. The predicted octanol–water partition coefficient (Wildman–Crippen LogP) is 2.20. The molecule has 1 aliphatic rings. The van der Waals surface area contributed by atoms with Crippen molar-refractivity contribution in [1.82, 2.24) is 9.97 Å². The van der Waals surface area contributed by atoms with Crippen molar-refractivity contribution in [2.75, 3.05) is 18.9 Å². The van der Waals surface area contributed by atoms with Crippen LogP contribution in [0.15, 0.2) is 52.9 Å². The summed E-state index contributed by atoms with van der Waals surface area (Å²) in [5, 5.41) is 0. The lowest BCUT2D eigenvalue weighted by molar-refractivity contribution is 0.415. The standard InChI is InChI=1S/C19H17N5O4S/c1-27-13-7-3-5-11(9-13)15-16(12-6-4-8-14(10-12)28-2)22-19-17(21-15)18(20)23-29(25,26)24-19/h3-10H,1-2H3,(H2,20,23)(H,22,24). The fourth-order valence-electron chi connectivity index (χ4n) is 2.95. The van der Waals surface area contributed by atoms with Gasteiger partial charge in [0.1, 0.15) is 11.5 Å². The van der Waals surface area contributed by atoms with Crippen molar-refractivity contribution in [3.63, 3.8) is 0 Å². The molecule has 2 aromatic carbocycles. The van der Waals surface area contributed by atoms with Gasteiger partial charge in [0.05, 0.1) is 25.6 Å². The zero-order chi connectivity index (χ0) is 20.6. The van der Waals surface area contributed by atoms with Crippen molar-refractivity contribution in [3.8, 4) is 34.0 Å². The molecule has 9 nitrogen and oxygen atoms in total. The minimum atomic E-state index is -3.98. The Hall–Kier alpha value is -3.66. The first kappa shape index (κ1) is 18.7. The Morgan fingerprint density at radius 1 is 0.862 bits per heavy atom. The molecule has 10 heteroatoms. The highest BCUT2D eigenvalue weighted by atomic mass is 32.2. The van der Waals surface area contributed by atoms with E-state index in [0.29, 0.717) is 28.5 Å². The van der Waals surface area contributed by atoms with Gasteiger partial charge in [0, 0.05) is 11.1 Å². The second-order valence-electron chi connectivity index (χ2n) is 6.14. The summed E-state index contributed by atoms with van der Waals surface area (Å²) in [5.74, 6) is 1.05. The highest BCUT2D eigenvalue weighted by Gasteiger charge is 2.27. The molecule has 0 amide bonds. The van der Waals surface area contributed by atoms with Crippen molar-refractivity contribution >= 4 is 21.9 Å². The van der Waals surface area contributed by atoms with Gasteiger partial charge >= 0.3 is 10.2 Å². The van der Waals surface area contributed by atoms with Gasteiger partial charge in [-0.2, -0.15) is 8.42 Å². The Morgan fingerprint density at radius 3 is 1.97 bits per heavy atom. The van der Waals surface area contributed by atoms with Crippen LogP contribution in [0.5, 0.6) is 11.5 Å². The number of fused-ring (bicyclic) bond motifs is 1. The molecule has 0 fully saturated rings. The van der Waals surface area contributed by atoms with Crippen LogP contribution >= 0.6 is 0 Å². The van der Waals surface area contributed by atoms with Gasteiger partial charge in [-0.05, 0) is 24.3 Å². The van der Waals surface area contributed by atoms with Crippen LogP contribution in [0.3, 0.4) is 0 Å². The number of nitrogens with two attached hydrogens (primary N) is 1. The monoisotopic (exact) mass is 411 g/mol. The van der Waals surface area contributed by atoms with Gasteiger partial charge in [-0.1, -0.05) is 24.3 Å². The molecule has 29 heavy (non-hydrogen) atoms. The van der Waals surface area contributed by atoms with E-state index in [4.69, 9.17) is 15.2 Å². The van der Waals surface area contributed by atoms with Crippen molar-refractivity contribution in [1.29, 1.82) is 0 Å². The summed E-state index contributed by atoms with van der Waals surface area (Å²) in [4.78, 5) is 9.12. The molecule has 0 saturated carbocycles. The second-order valence-corrected chi connectivity index (χ2v) is 7.47. The Labute approximate surface area is 167 Å². The van der Waals surface area contributed by atoms with Crippen LogP contribution in [-0.2, 0) is 10.2 Å². The molecule has 0 atom stereocenters. The Kier molecular flexibility index (Phi) is 4.55. The minimum Gasteiger partial charge on any atom is -0.497 e. The Bertz CT molecular complexity index is 1240. The van der Waals surface area contributed by atoms with Crippen LogP contribution < -0.4 is 19.9 Å². The van der Waals surface area contributed by atoms with E-state index in [0.717, 1.165) is 5.56 Å². The van der Waals surface area contributed by atoms with E-state index in [1.807, 2.05) is 30.3 Å². The summed E-state index contributed by atoms with van der Waals surface area (Å²) >= 11 is 0. The topological polar surface area (TPSA) is 129 Å². The number of hydrogen-bond acceptors (Lipinski definition) is 7. The van der Waals surface area contributed by atoms with Gasteiger partial charge in [-0.25, -0.2) is 14.7 Å². The first-order valence-electron chi connectivity index (χ1n) is 8.49. The zero-order valence-electron chi connectivity index (χ0n) is 15.6. The van der Waals surface area contributed by atoms with Crippen LogP contribution in [-0.4, -0.2) is 38.4 Å². The molecule has 4 rings (SSSR count). The van der Waals surface area contributed by atoms with E-state index >= 15 is 0 Å². The molecule has 2 heterocycles. The summed E-state index contributed by atoms with van der Waals surface area (Å²) in [6.45, 7) is 0. The lowest BCUT2D eigenvalue weighted by atomic mass is 10.0. The van der Waals surface area contributed by atoms with E-state index in [1.165, 1.54) is 0 Å². The Balaban J connectivity index is 2.00. The summed E-state index contributed by atoms with van der Waals surface area (Å²) < 4.78 is 40.2. The normalized spacial score (nSPS) is 14.3. The lowest BCUT2D eigenvalue weighted by Gasteiger charge is -2.18. The SMILES string of the molecule is COc1cccc(-c2nc3c(nc2-c2cccc(OC)c2)C(N)=NS(=O)(=O)N3)c1. The van der Waals surface area contributed by atoms with Gasteiger partial charge in [0.15, 0.2) is 17.3 Å². The summed E-state index contributed by atoms with van der Waals surface area (Å²) in [6.07, 6.45) is 0. The molecule has 0 bridgehead atoms. The van der Waals surface area contributed by atoms with E-state index in [-0.39, 0.29) is 17.3 Å². The van der Waals surface area contributed by atoms with E-state index < -0.39 is 10.2 Å². The second kappa shape index (κ2) is 7.06. The van der Waals surface area contributed by atoms with Gasteiger partial charge < -0.3 is 15.2 Å². The van der Waals surface area contributed by atoms with Crippen molar-refractivity contribution in [3.05, 3.63) is 54.2 Å². The van der Waals surface area contributed by atoms with Crippen molar-refractivity contribution in [2.45, 2.75) is 0 Å². The number of ether oxygens (including phenoxy) is 2. The van der Waals surface area contributed by atoms with Crippen molar-refractivity contribution < 1.29 is 17.9 Å². The summed E-state index contributed by atoms with van der Waals surface area (Å²) in [6, 6.07) is 14.5. The highest BCUT2D eigenvalue weighted by molar-refractivity contribution is 7.91. The smallest absolute Gasteiger partial charge is 0.345 e. The number of nitrogens with one attached hydrogen (secondary N) is 1. The fraction of sp³-hybridized carbons (Fsp3) is 0.105. The average molecular weight is 411 g/mol. The molecule has 0 unspecified atom stereocenters. The van der Waals surface area contributed by atoms with Crippen LogP contribution in [0.25, 0.3) is 22.5 Å². The van der Waals surface area contributed by atoms with Crippen LogP contribution in [0.1, 0.15) is 5.69 Å². The van der Waals surface area contributed by atoms with E-state index in [2.05, 4.69) is 19.1 Å². The molecular formula is C19H17N5O4S. The maximum atomic E-state index is 11.9. The summed E-state index contributed by atoms with van der Waals surface area (Å²) in [5.41, 5.74) is 8.36. The molecule has 1 aliphatic heterocycles. The third-order valence-corrected chi connectivity index (χ3v) is 5.16. The number of methoxy groups -OCH3 is 2. The molecule has 3 aromatic rings. The number of nitrogens with zero attached hydrogens (tertiary/aromatic N) is 3. The van der Waals surface area contributed by atoms with Gasteiger partial charge in [0.2, 0.25) is 0 Å². The first-order valence-corrected chi connectivity index (χ1v) is 9.93. The number of hydrogen-bond donors (Lipinski definition) is 2. The van der Waals surface area contributed by atoms with Crippen LogP contribution in [0.2, 0.25) is 0 Å². The van der Waals surface area contributed by atoms with Crippen molar-refractivity contribution in [2.24, 2.45) is 10.1 Å². The zero-order valence-corrected chi connectivity index (χ0v) is 16.4. The number of rotatable bonds is 4. The predicted molar refractivity (Wildman–Crippen MR) is 109 cm³/mol. The minimum absolute atomic E-state index is 0.0157. The number of benzene rings is 2. The molecule has 0 aliphatic carbocycles. The third kappa shape index (κ3) is 3.57. The lowest BCUT2D eigenvalue weighted by Crippen LogP contribution is -2.28. The average Bonchev–Trinajstić information content (AvgIpc) is 2.72. The molecular weight excluding hydrogens is 394 g/mol. The molecule has 0 radical (unpaired) electrons. The molecule has 1 aromatic heterocycles. The number of amidine groups is 1. The molecule has 3 N–H and O–H groups in total. The highest BCUT2D eigenvalue weighted by Crippen LogP contribution is 2.35.